The van der Waals surface area contributed by atoms with Crippen molar-refractivity contribution < 1.29 is 22.7 Å². The van der Waals surface area contributed by atoms with Gasteiger partial charge < -0.3 is 10.1 Å². The molecule has 28 heavy (non-hydrogen) atoms. The summed E-state index contributed by atoms with van der Waals surface area (Å²) in [5.41, 5.74) is 1.50. The summed E-state index contributed by atoms with van der Waals surface area (Å²) in [5.74, 6) is -1.04. The molecule has 1 fully saturated rings. The lowest BCUT2D eigenvalue weighted by atomic mass is 10.1. The summed E-state index contributed by atoms with van der Waals surface area (Å²) in [7, 11) is -3.12. The van der Waals surface area contributed by atoms with Crippen LogP contribution in [0.2, 0.25) is 0 Å². The smallest absolute Gasteiger partial charge is 0.359 e. The van der Waals surface area contributed by atoms with Crippen LogP contribution in [0.5, 0.6) is 0 Å². The SMILES string of the molecule is CC(C)NC(=O)COC(=O)c1cc(-c2ccccc2)n([C@@H]2CCS(=O)(=O)C2)n1. The first-order valence-electron chi connectivity index (χ1n) is 9.07. The van der Waals surface area contributed by atoms with Crippen molar-refractivity contribution in [3.8, 4) is 11.3 Å². The van der Waals surface area contributed by atoms with Gasteiger partial charge in [-0.25, -0.2) is 13.2 Å². The second-order valence-electron chi connectivity index (χ2n) is 7.08. The third-order valence-electron chi connectivity index (χ3n) is 4.35. The highest BCUT2D eigenvalue weighted by atomic mass is 32.2. The number of carbonyl (C=O) groups excluding carboxylic acids is 2. The maximum Gasteiger partial charge on any atom is 0.359 e. The van der Waals surface area contributed by atoms with Gasteiger partial charge in [0.15, 0.2) is 22.1 Å². The standard InChI is InChI=1S/C19H23N3O5S/c1-13(2)20-18(23)11-27-19(24)16-10-17(14-6-4-3-5-7-14)22(21-16)15-8-9-28(25,26)12-15/h3-7,10,13,15H,8-9,11-12H2,1-2H3,(H,20,23)/t15-/m1/s1. The van der Waals surface area contributed by atoms with Crippen LogP contribution in [0.4, 0.5) is 0 Å². The summed E-state index contributed by atoms with van der Waals surface area (Å²) >= 11 is 0. The Balaban J connectivity index is 1.85. The fourth-order valence-corrected chi connectivity index (χ4v) is 4.83. The minimum Gasteiger partial charge on any atom is -0.451 e. The van der Waals surface area contributed by atoms with Gasteiger partial charge in [-0.1, -0.05) is 30.3 Å². The highest BCUT2D eigenvalue weighted by molar-refractivity contribution is 7.91. The molecule has 1 amide bonds. The molecule has 2 heterocycles. The Kier molecular flexibility index (Phi) is 5.83. The van der Waals surface area contributed by atoms with E-state index >= 15 is 0 Å². The minimum atomic E-state index is -3.12. The summed E-state index contributed by atoms with van der Waals surface area (Å²) in [5, 5.41) is 6.96. The van der Waals surface area contributed by atoms with E-state index in [4.69, 9.17) is 4.74 Å². The molecule has 8 nitrogen and oxygen atoms in total. The van der Waals surface area contributed by atoms with Gasteiger partial charge >= 0.3 is 5.97 Å². The molecule has 0 saturated carbocycles. The van der Waals surface area contributed by atoms with E-state index < -0.39 is 28.3 Å². The number of sulfone groups is 1. The van der Waals surface area contributed by atoms with Crippen molar-refractivity contribution in [2.75, 3.05) is 18.1 Å². The number of carbonyl (C=O) groups is 2. The van der Waals surface area contributed by atoms with Crippen LogP contribution in [-0.2, 0) is 19.4 Å². The average molecular weight is 405 g/mol. The molecule has 0 unspecified atom stereocenters. The van der Waals surface area contributed by atoms with Gasteiger partial charge in [-0.05, 0) is 31.9 Å². The quantitative estimate of drug-likeness (QED) is 0.732. The first-order valence-corrected chi connectivity index (χ1v) is 10.9. The Morgan fingerprint density at radius 1 is 1.29 bits per heavy atom. The Morgan fingerprint density at radius 2 is 2.00 bits per heavy atom. The average Bonchev–Trinajstić information content (AvgIpc) is 3.23. The van der Waals surface area contributed by atoms with Gasteiger partial charge in [0.05, 0.1) is 23.2 Å². The van der Waals surface area contributed by atoms with E-state index in [0.717, 1.165) is 5.56 Å². The molecule has 1 aliphatic rings. The molecule has 1 aromatic heterocycles. The van der Waals surface area contributed by atoms with Gasteiger partial charge in [0, 0.05) is 6.04 Å². The van der Waals surface area contributed by atoms with Gasteiger partial charge in [0.2, 0.25) is 0 Å². The molecule has 0 aliphatic carbocycles. The van der Waals surface area contributed by atoms with Crippen LogP contribution in [-0.4, -0.2) is 54.2 Å². The Bertz CT molecular complexity index is 967. The normalized spacial score (nSPS) is 18.2. The van der Waals surface area contributed by atoms with E-state index in [0.29, 0.717) is 12.1 Å². The second kappa shape index (κ2) is 8.14. The first kappa shape index (κ1) is 20.1. The van der Waals surface area contributed by atoms with Crippen LogP contribution in [0.1, 0.15) is 36.8 Å². The molecule has 1 atom stereocenters. The lowest BCUT2D eigenvalue weighted by Gasteiger charge is -2.13. The van der Waals surface area contributed by atoms with Gasteiger partial charge in [-0.2, -0.15) is 5.10 Å². The number of rotatable bonds is 6. The lowest BCUT2D eigenvalue weighted by molar-refractivity contribution is -0.124. The van der Waals surface area contributed by atoms with Gasteiger partial charge in [-0.15, -0.1) is 0 Å². The number of nitrogens with zero attached hydrogens (tertiary/aromatic N) is 2. The van der Waals surface area contributed by atoms with Crippen LogP contribution in [0.3, 0.4) is 0 Å². The number of benzene rings is 1. The van der Waals surface area contributed by atoms with E-state index in [9.17, 15) is 18.0 Å². The molecule has 0 spiro atoms. The van der Waals surface area contributed by atoms with Gasteiger partial charge in [0.25, 0.3) is 5.91 Å². The van der Waals surface area contributed by atoms with Crippen molar-refractivity contribution in [3.63, 3.8) is 0 Å². The Labute approximate surface area is 163 Å². The Hall–Kier alpha value is -2.68. The molecule has 150 valence electrons. The zero-order chi connectivity index (χ0) is 20.3. The summed E-state index contributed by atoms with van der Waals surface area (Å²) in [6.45, 7) is 3.22. The predicted molar refractivity (Wildman–Crippen MR) is 104 cm³/mol. The van der Waals surface area contributed by atoms with E-state index in [1.54, 1.807) is 10.7 Å². The fraction of sp³-hybridized carbons (Fsp3) is 0.421. The molecule has 1 N–H and O–H groups in total. The topological polar surface area (TPSA) is 107 Å². The van der Waals surface area contributed by atoms with Crippen molar-refractivity contribution in [1.29, 1.82) is 0 Å². The van der Waals surface area contributed by atoms with Crippen LogP contribution < -0.4 is 5.32 Å². The number of nitrogens with one attached hydrogen (secondary N) is 1. The molecule has 1 saturated heterocycles. The third kappa shape index (κ3) is 4.78. The highest BCUT2D eigenvalue weighted by Crippen LogP contribution is 2.30. The van der Waals surface area contributed by atoms with Crippen LogP contribution in [0.15, 0.2) is 36.4 Å². The number of hydrogen-bond acceptors (Lipinski definition) is 6. The molecular weight excluding hydrogens is 382 g/mol. The van der Waals surface area contributed by atoms with Crippen molar-refractivity contribution >= 4 is 21.7 Å². The molecule has 3 rings (SSSR count). The largest absolute Gasteiger partial charge is 0.451 e. The molecule has 2 aromatic rings. The first-order chi connectivity index (χ1) is 13.2. The van der Waals surface area contributed by atoms with E-state index in [2.05, 4.69) is 10.4 Å². The Morgan fingerprint density at radius 3 is 2.61 bits per heavy atom. The predicted octanol–water partition coefficient (Wildman–Crippen LogP) is 1.59. The number of aromatic nitrogens is 2. The number of ether oxygens (including phenoxy) is 1. The van der Waals surface area contributed by atoms with E-state index in [-0.39, 0.29) is 29.3 Å². The molecule has 9 heteroatoms. The molecule has 0 bridgehead atoms. The van der Waals surface area contributed by atoms with Crippen LogP contribution >= 0.6 is 0 Å². The zero-order valence-electron chi connectivity index (χ0n) is 15.8. The number of esters is 1. The van der Waals surface area contributed by atoms with Crippen molar-refractivity contribution in [2.24, 2.45) is 0 Å². The van der Waals surface area contributed by atoms with Crippen molar-refractivity contribution in [2.45, 2.75) is 32.4 Å². The molecule has 0 radical (unpaired) electrons. The summed E-state index contributed by atoms with van der Waals surface area (Å²) in [6.07, 6.45) is 0.440. The van der Waals surface area contributed by atoms with Crippen molar-refractivity contribution in [1.82, 2.24) is 15.1 Å². The van der Waals surface area contributed by atoms with E-state index in [1.165, 1.54) is 0 Å². The summed E-state index contributed by atoms with van der Waals surface area (Å²) in [6, 6.07) is 10.5. The van der Waals surface area contributed by atoms with Crippen LogP contribution in [0, 0.1) is 0 Å². The highest BCUT2D eigenvalue weighted by Gasteiger charge is 2.32. The zero-order valence-corrected chi connectivity index (χ0v) is 16.6. The minimum absolute atomic E-state index is 0.0141. The maximum atomic E-state index is 12.4. The van der Waals surface area contributed by atoms with Gasteiger partial charge in [-0.3, -0.25) is 9.48 Å². The molecule has 1 aliphatic heterocycles. The lowest BCUT2D eigenvalue weighted by Crippen LogP contribution is -2.34. The molecule has 1 aromatic carbocycles. The third-order valence-corrected chi connectivity index (χ3v) is 6.10. The summed E-state index contributed by atoms with van der Waals surface area (Å²) < 4.78 is 30.4. The number of hydrogen-bond donors (Lipinski definition) is 1. The maximum absolute atomic E-state index is 12.4. The monoisotopic (exact) mass is 405 g/mol. The molecular formula is C19H23N3O5S. The van der Waals surface area contributed by atoms with E-state index in [1.807, 2.05) is 44.2 Å². The fourth-order valence-electron chi connectivity index (χ4n) is 3.13. The van der Waals surface area contributed by atoms with Crippen molar-refractivity contribution in [3.05, 3.63) is 42.1 Å². The second-order valence-corrected chi connectivity index (χ2v) is 9.31. The summed E-state index contributed by atoms with van der Waals surface area (Å²) in [4.78, 5) is 24.1. The number of amides is 1. The van der Waals surface area contributed by atoms with Crippen LogP contribution in [0.25, 0.3) is 11.3 Å². The van der Waals surface area contributed by atoms with Gasteiger partial charge in [0.1, 0.15) is 0 Å².